The third-order valence-electron chi connectivity index (χ3n) is 1.83. The van der Waals surface area contributed by atoms with Gasteiger partial charge in [0.05, 0.1) is 6.42 Å². The molecule has 0 aromatic carbocycles. The maximum Gasteiger partial charge on any atom is 0.251 e. The Morgan fingerprint density at radius 3 is 2.77 bits per heavy atom. The second-order valence-electron chi connectivity index (χ2n) is 2.76. The van der Waals surface area contributed by atoms with Gasteiger partial charge in [-0.3, -0.25) is 14.5 Å². The van der Waals surface area contributed by atoms with Crippen LogP contribution in [-0.2, 0) is 9.59 Å². The molecule has 1 saturated heterocycles. The van der Waals surface area contributed by atoms with E-state index in [0.29, 0.717) is 11.7 Å². The first-order valence-electron chi connectivity index (χ1n) is 3.96. The van der Waals surface area contributed by atoms with Gasteiger partial charge in [-0.15, -0.1) is 0 Å². The van der Waals surface area contributed by atoms with Crippen LogP contribution in [0.1, 0.15) is 13.3 Å². The van der Waals surface area contributed by atoms with E-state index in [0.717, 1.165) is 0 Å². The van der Waals surface area contributed by atoms with Gasteiger partial charge in [0.15, 0.2) is 5.11 Å². The van der Waals surface area contributed by atoms with Gasteiger partial charge in [-0.2, -0.15) is 0 Å². The molecule has 0 bridgehead atoms. The van der Waals surface area contributed by atoms with Crippen molar-refractivity contribution in [1.29, 1.82) is 0 Å². The van der Waals surface area contributed by atoms with E-state index in [1.165, 1.54) is 4.90 Å². The lowest BCUT2D eigenvalue weighted by Crippen LogP contribution is -2.34. The highest BCUT2D eigenvalue weighted by Crippen LogP contribution is 2.08. The smallest absolute Gasteiger partial charge is 0.251 e. The van der Waals surface area contributed by atoms with Crippen LogP contribution in [0.3, 0.4) is 0 Å². The molecule has 0 aromatic rings. The number of nitrogens with two attached hydrogens (primary N) is 1. The van der Waals surface area contributed by atoms with Gasteiger partial charge in [-0.25, -0.2) is 0 Å². The Hall–Kier alpha value is -1.17. The molecule has 1 aliphatic heterocycles. The third-order valence-corrected chi connectivity index (χ3v) is 2.17. The van der Waals surface area contributed by atoms with Crippen molar-refractivity contribution in [3.05, 3.63) is 0 Å². The van der Waals surface area contributed by atoms with Gasteiger partial charge in [-0.05, 0) is 19.1 Å². The molecule has 6 heteroatoms. The number of primary amides is 1. The van der Waals surface area contributed by atoms with Crippen molar-refractivity contribution in [2.24, 2.45) is 5.73 Å². The number of amides is 2. The lowest BCUT2D eigenvalue weighted by atomic mass is 10.2. The normalized spacial score (nSPS) is 21.9. The molecule has 1 aliphatic rings. The number of nitrogens with one attached hydrogen (secondary N) is 1. The first kappa shape index (κ1) is 9.91. The minimum absolute atomic E-state index is 0.00449. The van der Waals surface area contributed by atoms with Gasteiger partial charge < -0.3 is 11.1 Å². The van der Waals surface area contributed by atoms with Crippen molar-refractivity contribution in [1.82, 2.24) is 10.2 Å². The molecule has 5 nitrogen and oxygen atoms in total. The fraction of sp³-hybridized carbons (Fsp3) is 0.571. The zero-order valence-corrected chi connectivity index (χ0v) is 8.06. The van der Waals surface area contributed by atoms with E-state index < -0.39 is 11.9 Å². The molecule has 0 saturated carbocycles. The summed E-state index contributed by atoms with van der Waals surface area (Å²) in [5.74, 6) is -0.682. The molecule has 13 heavy (non-hydrogen) atoms. The number of carbonyl (C=O) groups excluding carboxylic acids is 2. The fourth-order valence-corrected chi connectivity index (χ4v) is 1.58. The molecule has 1 fully saturated rings. The molecule has 1 rings (SSSR count). The van der Waals surface area contributed by atoms with Gasteiger partial charge in [0, 0.05) is 6.54 Å². The van der Waals surface area contributed by atoms with Crippen LogP contribution in [0, 0.1) is 0 Å². The summed E-state index contributed by atoms with van der Waals surface area (Å²) in [6.45, 7) is 2.33. The Kier molecular flexibility index (Phi) is 2.82. The van der Waals surface area contributed by atoms with Crippen LogP contribution in [0.5, 0.6) is 0 Å². The van der Waals surface area contributed by atoms with E-state index in [-0.39, 0.29) is 12.3 Å². The molecular weight excluding hydrogens is 190 g/mol. The molecule has 1 heterocycles. The Labute approximate surface area is 81.3 Å². The summed E-state index contributed by atoms with van der Waals surface area (Å²) >= 11 is 4.89. The Morgan fingerprint density at radius 2 is 2.38 bits per heavy atom. The number of thiocarbonyl (C=S) groups is 1. The van der Waals surface area contributed by atoms with Gasteiger partial charge in [-0.1, -0.05) is 0 Å². The number of carbonyl (C=O) groups is 2. The molecule has 1 unspecified atom stereocenters. The summed E-state index contributed by atoms with van der Waals surface area (Å²) in [6, 6.07) is -0.565. The predicted molar refractivity (Wildman–Crippen MR) is 50.7 cm³/mol. The molecule has 0 aromatic heterocycles. The van der Waals surface area contributed by atoms with Gasteiger partial charge in [0.25, 0.3) is 5.91 Å². The van der Waals surface area contributed by atoms with Crippen molar-refractivity contribution < 1.29 is 9.59 Å². The lowest BCUT2D eigenvalue weighted by molar-refractivity contribution is -0.129. The topological polar surface area (TPSA) is 75.4 Å². The predicted octanol–water partition coefficient (Wildman–Crippen LogP) is -1.03. The number of rotatable bonds is 3. The van der Waals surface area contributed by atoms with Gasteiger partial charge in [0.1, 0.15) is 6.04 Å². The zero-order valence-electron chi connectivity index (χ0n) is 7.24. The lowest BCUT2D eigenvalue weighted by Gasteiger charge is -2.10. The number of hydrogen-bond acceptors (Lipinski definition) is 3. The van der Waals surface area contributed by atoms with E-state index in [1.807, 2.05) is 6.92 Å². The maximum atomic E-state index is 11.5. The number of nitrogens with zero attached hydrogens (tertiary/aromatic N) is 1. The summed E-state index contributed by atoms with van der Waals surface area (Å²) in [6.07, 6.45) is -0.00449. The molecule has 0 spiro atoms. The zero-order chi connectivity index (χ0) is 10.0. The van der Waals surface area contributed by atoms with Gasteiger partial charge in [0.2, 0.25) is 5.91 Å². The minimum atomic E-state index is -0.565. The summed E-state index contributed by atoms with van der Waals surface area (Å²) in [7, 11) is 0. The second kappa shape index (κ2) is 3.69. The molecular formula is C7H11N3O2S. The highest BCUT2D eigenvalue weighted by atomic mass is 32.1. The van der Waals surface area contributed by atoms with E-state index in [9.17, 15) is 9.59 Å². The second-order valence-corrected chi connectivity index (χ2v) is 3.14. The Balaban J connectivity index is 2.67. The van der Waals surface area contributed by atoms with Crippen molar-refractivity contribution >= 4 is 29.1 Å². The van der Waals surface area contributed by atoms with E-state index in [1.54, 1.807) is 0 Å². The summed E-state index contributed by atoms with van der Waals surface area (Å²) in [5.41, 5.74) is 4.97. The summed E-state index contributed by atoms with van der Waals surface area (Å²) in [5, 5.41) is 3.12. The SMILES string of the molecule is CCN1C(=O)C(CC(N)=O)NC1=S. The van der Waals surface area contributed by atoms with Crippen molar-refractivity contribution in [3.63, 3.8) is 0 Å². The van der Waals surface area contributed by atoms with Crippen LogP contribution in [-0.4, -0.2) is 34.4 Å². The highest BCUT2D eigenvalue weighted by Gasteiger charge is 2.34. The third kappa shape index (κ3) is 1.95. The summed E-state index contributed by atoms with van der Waals surface area (Å²) < 4.78 is 0. The molecule has 2 amide bonds. The van der Waals surface area contributed by atoms with Crippen LogP contribution in [0.2, 0.25) is 0 Å². The van der Waals surface area contributed by atoms with E-state index in [2.05, 4.69) is 5.32 Å². The number of likely N-dealkylation sites (N-methyl/N-ethyl adjacent to an activating group) is 1. The quantitative estimate of drug-likeness (QED) is 0.572. The van der Waals surface area contributed by atoms with Crippen molar-refractivity contribution in [2.45, 2.75) is 19.4 Å². The average Bonchev–Trinajstić information content (AvgIpc) is 2.26. The highest BCUT2D eigenvalue weighted by molar-refractivity contribution is 7.80. The largest absolute Gasteiger partial charge is 0.370 e. The standard InChI is InChI=1S/C7H11N3O2S/c1-2-10-6(12)4(3-5(8)11)9-7(10)13/h4H,2-3H2,1H3,(H2,8,11)(H,9,13). The minimum Gasteiger partial charge on any atom is -0.370 e. The van der Waals surface area contributed by atoms with Gasteiger partial charge >= 0.3 is 0 Å². The number of hydrogen-bond donors (Lipinski definition) is 2. The van der Waals surface area contributed by atoms with Crippen LogP contribution in [0.4, 0.5) is 0 Å². The van der Waals surface area contributed by atoms with E-state index >= 15 is 0 Å². The van der Waals surface area contributed by atoms with Crippen LogP contribution in [0.15, 0.2) is 0 Å². The fourth-order valence-electron chi connectivity index (χ4n) is 1.22. The van der Waals surface area contributed by atoms with Crippen LogP contribution >= 0.6 is 12.2 Å². The van der Waals surface area contributed by atoms with Crippen molar-refractivity contribution in [3.8, 4) is 0 Å². The van der Waals surface area contributed by atoms with E-state index in [4.69, 9.17) is 18.0 Å². The molecule has 0 radical (unpaired) electrons. The Bertz CT molecular complexity index is 266. The Morgan fingerprint density at radius 1 is 1.77 bits per heavy atom. The van der Waals surface area contributed by atoms with Crippen molar-refractivity contribution in [2.75, 3.05) is 6.54 Å². The first-order chi connectivity index (χ1) is 6.06. The molecule has 3 N–H and O–H groups in total. The molecule has 72 valence electrons. The summed E-state index contributed by atoms with van der Waals surface area (Å²) in [4.78, 5) is 23.4. The monoisotopic (exact) mass is 201 g/mol. The molecule has 1 atom stereocenters. The van der Waals surface area contributed by atoms with Crippen LogP contribution in [0.25, 0.3) is 0 Å². The average molecular weight is 201 g/mol. The maximum absolute atomic E-state index is 11.5. The van der Waals surface area contributed by atoms with Crippen LogP contribution < -0.4 is 11.1 Å². The first-order valence-corrected chi connectivity index (χ1v) is 4.37. The molecule has 0 aliphatic carbocycles.